The molecule has 1 fully saturated rings. The van der Waals surface area contributed by atoms with Crippen LogP contribution in [0.25, 0.3) is 11.8 Å². The van der Waals surface area contributed by atoms with Gasteiger partial charge in [0.2, 0.25) is 0 Å². The van der Waals surface area contributed by atoms with Crippen molar-refractivity contribution in [1.29, 1.82) is 0 Å². The Kier molecular flexibility index (Phi) is 6.53. The summed E-state index contributed by atoms with van der Waals surface area (Å²) in [6, 6.07) is 17.6. The third-order valence-corrected chi connectivity index (χ3v) is 6.71. The van der Waals surface area contributed by atoms with Crippen LogP contribution in [0, 0.1) is 27.7 Å². The topological polar surface area (TPSA) is 45.6 Å². The molecule has 0 radical (unpaired) electrons. The molecular weight excluding hydrogens is 442 g/mol. The molecule has 0 bridgehead atoms. The second-order valence-electron chi connectivity index (χ2n) is 8.70. The molecule has 4 rings (SSSR count). The van der Waals surface area contributed by atoms with Gasteiger partial charge in [0.05, 0.1) is 5.69 Å². The fourth-order valence-corrected chi connectivity index (χ4v) is 4.71. The van der Waals surface area contributed by atoms with Gasteiger partial charge in [0.1, 0.15) is 5.57 Å². The third kappa shape index (κ3) is 4.10. The fraction of sp³-hybridized carbons (Fsp3) is 0.250. The van der Waals surface area contributed by atoms with Gasteiger partial charge in [-0.05, 0) is 99.4 Å². The lowest BCUT2D eigenvalue weighted by Crippen LogP contribution is -2.56. The van der Waals surface area contributed by atoms with Crippen molar-refractivity contribution in [2.24, 2.45) is 0 Å². The monoisotopic (exact) mass is 471 g/mol. The summed E-state index contributed by atoms with van der Waals surface area (Å²) in [4.78, 5) is 29.9. The molecule has 5 nitrogen and oxygen atoms in total. The van der Waals surface area contributed by atoms with E-state index in [4.69, 9.17) is 12.2 Å². The summed E-state index contributed by atoms with van der Waals surface area (Å²) in [5.74, 6) is -0.746. The molecule has 0 saturated carbocycles. The Morgan fingerprint density at radius 3 is 2.21 bits per heavy atom. The van der Waals surface area contributed by atoms with Gasteiger partial charge in [-0.15, -0.1) is 0 Å². The maximum Gasteiger partial charge on any atom is 0.270 e. The van der Waals surface area contributed by atoms with Crippen LogP contribution in [0.4, 0.5) is 5.69 Å². The normalized spacial score (nSPS) is 15.6. The van der Waals surface area contributed by atoms with E-state index >= 15 is 0 Å². The summed E-state index contributed by atoms with van der Waals surface area (Å²) >= 11 is 5.58. The minimum atomic E-state index is -0.399. The largest absolute Gasteiger partial charge is 0.318 e. The molecule has 1 saturated heterocycles. The van der Waals surface area contributed by atoms with Crippen LogP contribution in [-0.2, 0) is 9.59 Å². The van der Waals surface area contributed by atoms with Gasteiger partial charge in [-0.25, -0.2) is 0 Å². The van der Waals surface area contributed by atoms with Crippen LogP contribution in [0.2, 0.25) is 0 Å². The Hall–Kier alpha value is -3.51. The highest BCUT2D eigenvalue weighted by atomic mass is 32.1. The number of carbonyl (C=O) groups excluding carboxylic acids is 2. The van der Waals surface area contributed by atoms with Crippen LogP contribution in [0.5, 0.6) is 0 Å². The first-order chi connectivity index (χ1) is 16.2. The number of hydrogen-bond donors (Lipinski definition) is 0. The van der Waals surface area contributed by atoms with Gasteiger partial charge in [0, 0.05) is 23.6 Å². The number of rotatable bonds is 5. The average molecular weight is 472 g/mol. The zero-order valence-electron chi connectivity index (χ0n) is 20.3. The van der Waals surface area contributed by atoms with Crippen LogP contribution in [0.1, 0.15) is 41.4 Å². The molecule has 174 valence electrons. The first-order valence-corrected chi connectivity index (χ1v) is 11.9. The van der Waals surface area contributed by atoms with Crippen LogP contribution < -0.4 is 4.90 Å². The Bertz CT molecular complexity index is 1320. The lowest BCUT2D eigenvalue weighted by atomic mass is 10.1. The van der Waals surface area contributed by atoms with Crippen LogP contribution >= 0.6 is 12.2 Å². The Labute approximate surface area is 206 Å². The first-order valence-electron chi connectivity index (χ1n) is 11.5. The zero-order valence-corrected chi connectivity index (χ0v) is 21.1. The van der Waals surface area contributed by atoms with E-state index in [-0.39, 0.29) is 16.6 Å². The molecular formula is C28H29N3O2S. The molecule has 1 aromatic heterocycles. The zero-order chi connectivity index (χ0) is 24.6. The van der Waals surface area contributed by atoms with Crippen LogP contribution in [-0.4, -0.2) is 32.9 Å². The summed E-state index contributed by atoms with van der Waals surface area (Å²) in [5, 5.41) is 0.223. The minimum absolute atomic E-state index is 0.117. The number of nitrogens with zero attached hydrogens (tertiary/aromatic N) is 3. The van der Waals surface area contributed by atoms with E-state index in [0.717, 1.165) is 29.1 Å². The number of hydrogen-bond acceptors (Lipinski definition) is 3. The van der Waals surface area contributed by atoms with E-state index in [1.54, 1.807) is 6.08 Å². The Balaban J connectivity index is 1.82. The number of thiocarbonyl (C=S) groups is 1. The highest BCUT2D eigenvalue weighted by molar-refractivity contribution is 7.80. The SMILES string of the molecule is CCCN1C(=O)/C(=C\c2cc(C)n(-c3ccc(C)c(C)c3)c2C)C(=O)N(c2ccccc2)C1=S. The van der Waals surface area contributed by atoms with Crippen molar-refractivity contribution in [1.82, 2.24) is 9.47 Å². The van der Waals surface area contributed by atoms with Gasteiger partial charge in [-0.2, -0.15) is 0 Å². The highest BCUT2D eigenvalue weighted by Gasteiger charge is 2.40. The quantitative estimate of drug-likeness (QED) is 0.274. The molecule has 0 aliphatic carbocycles. The van der Waals surface area contributed by atoms with Crippen molar-refractivity contribution in [3.63, 3.8) is 0 Å². The predicted octanol–water partition coefficient (Wildman–Crippen LogP) is 5.66. The molecule has 1 aliphatic rings. The Morgan fingerprint density at radius 1 is 0.853 bits per heavy atom. The molecule has 6 heteroatoms. The number of carbonyl (C=O) groups is 2. The fourth-order valence-electron chi connectivity index (χ4n) is 4.35. The van der Waals surface area contributed by atoms with Crippen molar-refractivity contribution in [3.8, 4) is 5.69 Å². The molecule has 2 aromatic carbocycles. The minimum Gasteiger partial charge on any atom is -0.318 e. The molecule has 0 N–H and O–H groups in total. The highest BCUT2D eigenvalue weighted by Crippen LogP contribution is 2.29. The van der Waals surface area contributed by atoms with E-state index < -0.39 is 5.91 Å². The number of aromatic nitrogens is 1. The number of benzene rings is 2. The van der Waals surface area contributed by atoms with Crippen molar-refractivity contribution in [3.05, 3.63) is 88.2 Å². The predicted molar refractivity (Wildman–Crippen MR) is 141 cm³/mol. The van der Waals surface area contributed by atoms with E-state index in [2.05, 4.69) is 36.6 Å². The van der Waals surface area contributed by atoms with E-state index in [1.807, 2.05) is 57.2 Å². The summed E-state index contributed by atoms with van der Waals surface area (Å²) in [6.45, 7) is 10.7. The Morgan fingerprint density at radius 2 is 1.56 bits per heavy atom. The third-order valence-electron chi connectivity index (χ3n) is 6.31. The van der Waals surface area contributed by atoms with E-state index in [9.17, 15) is 9.59 Å². The molecule has 3 aromatic rings. The molecule has 1 aliphatic heterocycles. The van der Waals surface area contributed by atoms with E-state index in [0.29, 0.717) is 12.2 Å². The average Bonchev–Trinajstić information content (AvgIpc) is 3.09. The summed E-state index contributed by atoms with van der Waals surface area (Å²) < 4.78 is 2.15. The van der Waals surface area contributed by atoms with E-state index in [1.165, 1.54) is 20.9 Å². The molecule has 0 unspecified atom stereocenters. The van der Waals surface area contributed by atoms with Gasteiger partial charge in [0.25, 0.3) is 11.8 Å². The van der Waals surface area contributed by atoms with Crippen LogP contribution in [0.15, 0.2) is 60.2 Å². The number of para-hydroxylation sites is 1. The lowest BCUT2D eigenvalue weighted by molar-refractivity contribution is -0.127. The molecule has 2 heterocycles. The summed E-state index contributed by atoms with van der Waals surface area (Å²) in [7, 11) is 0. The smallest absolute Gasteiger partial charge is 0.270 e. The summed E-state index contributed by atoms with van der Waals surface area (Å²) in [5.41, 5.74) is 7.11. The maximum absolute atomic E-state index is 13.6. The van der Waals surface area contributed by atoms with Crippen molar-refractivity contribution in [2.75, 3.05) is 11.4 Å². The number of anilines is 1. The van der Waals surface area contributed by atoms with Gasteiger partial charge in [-0.3, -0.25) is 19.4 Å². The standard InChI is InChI=1S/C28H29N3O2S/c1-6-14-29-26(32)25(27(33)31(28(29)34)23-10-8-7-9-11-23)17-22-16-20(4)30(21(22)5)24-13-12-18(2)19(3)15-24/h7-13,15-17H,6,14H2,1-5H3/b25-17+. The van der Waals surface area contributed by atoms with Gasteiger partial charge in [-0.1, -0.05) is 31.2 Å². The summed E-state index contributed by atoms with van der Waals surface area (Å²) in [6.07, 6.45) is 2.45. The van der Waals surface area contributed by atoms with Gasteiger partial charge >= 0.3 is 0 Å². The first kappa shape index (κ1) is 23.6. The lowest BCUT2D eigenvalue weighted by Gasteiger charge is -2.36. The molecule has 34 heavy (non-hydrogen) atoms. The number of aryl methyl sites for hydroxylation is 3. The molecule has 2 amide bonds. The van der Waals surface area contributed by atoms with Gasteiger partial charge in [0.15, 0.2) is 5.11 Å². The van der Waals surface area contributed by atoms with Crippen molar-refractivity contribution < 1.29 is 9.59 Å². The molecule has 0 spiro atoms. The van der Waals surface area contributed by atoms with Crippen molar-refractivity contribution in [2.45, 2.75) is 41.0 Å². The van der Waals surface area contributed by atoms with Crippen LogP contribution in [0.3, 0.4) is 0 Å². The van der Waals surface area contributed by atoms with Gasteiger partial charge < -0.3 is 4.57 Å². The number of amides is 2. The maximum atomic E-state index is 13.6. The molecule has 0 atom stereocenters. The van der Waals surface area contributed by atoms with Crippen molar-refractivity contribution >= 4 is 40.9 Å². The second kappa shape index (κ2) is 9.39. The second-order valence-corrected chi connectivity index (χ2v) is 9.07.